The first-order chi connectivity index (χ1) is 8.69. The van der Waals surface area contributed by atoms with E-state index in [1.807, 2.05) is 0 Å². The lowest BCUT2D eigenvalue weighted by atomic mass is 10.1. The molecule has 0 aliphatic carbocycles. The quantitative estimate of drug-likeness (QED) is 0.843. The van der Waals surface area contributed by atoms with Gasteiger partial charge in [-0.25, -0.2) is 4.98 Å². The summed E-state index contributed by atoms with van der Waals surface area (Å²) in [4.78, 5) is 5.81. The van der Waals surface area contributed by atoms with Crippen LogP contribution in [0.1, 0.15) is 26.7 Å². The van der Waals surface area contributed by atoms with E-state index in [0.29, 0.717) is 5.88 Å². The Kier molecular flexibility index (Phi) is 4.75. The van der Waals surface area contributed by atoms with Gasteiger partial charge < -0.3 is 5.32 Å². The zero-order chi connectivity index (χ0) is 13.0. The minimum Gasteiger partial charge on any atom is -0.306 e. The van der Waals surface area contributed by atoms with Crippen LogP contribution in [0.2, 0.25) is 0 Å². The number of rotatable bonds is 5. The molecule has 0 radical (unpaired) electrons. The van der Waals surface area contributed by atoms with Crippen LogP contribution in [0.25, 0.3) is 0 Å². The third-order valence-electron chi connectivity index (χ3n) is 2.86. The molecule has 0 amide bonds. The molecule has 0 atom stereocenters. The summed E-state index contributed by atoms with van der Waals surface area (Å²) in [5, 5.41) is 4.57. The molecule has 0 aliphatic rings. The Hall–Kier alpha value is -0.900. The number of nitrogens with zero attached hydrogens (tertiary/aromatic N) is 1. The Morgan fingerprint density at radius 2 is 1.78 bits per heavy atom. The van der Waals surface area contributed by atoms with Crippen molar-refractivity contribution in [2.24, 2.45) is 0 Å². The van der Waals surface area contributed by atoms with E-state index in [2.05, 4.69) is 48.4 Å². The summed E-state index contributed by atoms with van der Waals surface area (Å²) in [6, 6.07) is 8.37. The van der Waals surface area contributed by atoms with Gasteiger partial charge in [-0.1, -0.05) is 24.3 Å². The summed E-state index contributed by atoms with van der Waals surface area (Å²) in [5.74, 6) is 0.575. The van der Waals surface area contributed by atoms with Gasteiger partial charge in [-0.05, 0) is 25.0 Å². The van der Waals surface area contributed by atoms with E-state index in [1.54, 1.807) is 11.3 Å². The molecule has 2 rings (SSSR count). The van der Waals surface area contributed by atoms with Crippen molar-refractivity contribution in [3.8, 4) is 0 Å². The molecular formula is C14H17ClN2S. The lowest BCUT2D eigenvalue weighted by molar-refractivity contribution is 0.689. The number of aryl methyl sites for hydroxylation is 2. The van der Waals surface area contributed by atoms with E-state index < -0.39 is 0 Å². The first-order valence-corrected chi connectivity index (χ1v) is 7.31. The van der Waals surface area contributed by atoms with Crippen LogP contribution < -0.4 is 5.32 Å². The summed E-state index contributed by atoms with van der Waals surface area (Å²) in [6.07, 6.45) is 0. The monoisotopic (exact) mass is 280 g/mol. The minimum atomic E-state index is 0.575. The van der Waals surface area contributed by atoms with Crippen LogP contribution in [0, 0.1) is 13.8 Å². The van der Waals surface area contributed by atoms with E-state index in [1.165, 1.54) is 10.4 Å². The predicted octanol–water partition coefficient (Wildman–Crippen LogP) is 3.79. The Morgan fingerprint density at radius 3 is 2.33 bits per heavy atom. The van der Waals surface area contributed by atoms with E-state index in [-0.39, 0.29) is 0 Å². The topological polar surface area (TPSA) is 24.9 Å². The molecule has 1 N–H and O–H groups in total. The standard InChI is InChI=1S/C14H17ClN2S/c1-10-11(2)18-14(17-10)9-16-8-13-5-3-12(7-15)4-6-13/h3-6,16H,7-9H2,1-2H3. The highest BCUT2D eigenvalue weighted by Crippen LogP contribution is 2.16. The summed E-state index contributed by atoms with van der Waals surface area (Å²) >= 11 is 7.52. The molecule has 4 heteroatoms. The zero-order valence-corrected chi connectivity index (χ0v) is 12.2. The van der Waals surface area contributed by atoms with Gasteiger partial charge in [0, 0.05) is 23.8 Å². The molecule has 96 valence electrons. The Balaban J connectivity index is 1.84. The molecule has 0 spiro atoms. The molecule has 2 aromatic rings. The van der Waals surface area contributed by atoms with Crippen LogP contribution in [-0.2, 0) is 19.0 Å². The van der Waals surface area contributed by atoms with Gasteiger partial charge in [0.1, 0.15) is 5.01 Å². The summed E-state index contributed by atoms with van der Waals surface area (Å²) < 4.78 is 0. The normalized spacial score (nSPS) is 10.8. The first-order valence-electron chi connectivity index (χ1n) is 5.96. The molecule has 18 heavy (non-hydrogen) atoms. The second-order valence-corrected chi connectivity index (χ2v) is 5.86. The van der Waals surface area contributed by atoms with Crippen LogP contribution in [0.15, 0.2) is 24.3 Å². The number of aromatic nitrogens is 1. The number of hydrogen-bond acceptors (Lipinski definition) is 3. The summed E-state index contributed by atoms with van der Waals surface area (Å²) in [7, 11) is 0. The average Bonchev–Trinajstić information content (AvgIpc) is 2.69. The van der Waals surface area contributed by atoms with Crippen molar-refractivity contribution in [2.75, 3.05) is 0 Å². The van der Waals surface area contributed by atoms with Gasteiger partial charge in [0.15, 0.2) is 0 Å². The fourth-order valence-electron chi connectivity index (χ4n) is 1.67. The maximum Gasteiger partial charge on any atom is 0.107 e. The molecular weight excluding hydrogens is 264 g/mol. The Morgan fingerprint density at radius 1 is 1.11 bits per heavy atom. The van der Waals surface area contributed by atoms with Crippen molar-refractivity contribution in [1.82, 2.24) is 10.3 Å². The molecule has 0 unspecified atom stereocenters. The molecule has 0 aliphatic heterocycles. The fourth-order valence-corrected chi connectivity index (χ4v) is 2.76. The van der Waals surface area contributed by atoms with Crippen molar-refractivity contribution in [3.63, 3.8) is 0 Å². The van der Waals surface area contributed by atoms with E-state index in [4.69, 9.17) is 11.6 Å². The molecule has 0 bridgehead atoms. The predicted molar refractivity (Wildman–Crippen MR) is 78.1 cm³/mol. The average molecular weight is 281 g/mol. The Bertz CT molecular complexity index is 486. The number of hydrogen-bond donors (Lipinski definition) is 1. The number of halogens is 1. The summed E-state index contributed by atoms with van der Waals surface area (Å²) in [6.45, 7) is 5.86. The van der Waals surface area contributed by atoms with Crippen LogP contribution in [0.3, 0.4) is 0 Å². The van der Waals surface area contributed by atoms with Crippen molar-refractivity contribution in [2.45, 2.75) is 32.8 Å². The molecule has 0 fully saturated rings. The number of thiazole rings is 1. The van der Waals surface area contributed by atoms with Crippen LogP contribution in [-0.4, -0.2) is 4.98 Å². The molecule has 0 saturated heterocycles. The van der Waals surface area contributed by atoms with Crippen LogP contribution >= 0.6 is 22.9 Å². The minimum absolute atomic E-state index is 0.575. The van der Waals surface area contributed by atoms with Crippen LogP contribution in [0.5, 0.6) is 0 Å². The molecule has 0 saturated carbocycles. The van der Waals surface area contributed by atoms with Crippen molar-refractivity contribution >= 4 is 22.9 Å². The highest BCUT2D eigenvalue weighted by molar-refractivity contribution is 7.11. The maximum atomic E-state index is 5.76. The molecule has 1 heterocycles. The summed E-state index contributed by atoms with van der Waals surface area (Å²) in [5.41, 5.74) is 3.57. The van der Waals surface area contributed by atoms with Crippen LogP contribution in [0.4, 0.5) is 0 Å². The van der Waals surface area contributed by atoms with Gasteiger partial charge in [0.2, 0.25) is 0 Å². The third kappa shape index (κ3) is 3.55. The highest BCUT2D eigenvalue weighted by atomic mass is 35.5. The molecule has 1 aromatic carbocycles. The SMILES string of the molecule is Cc1nc(CNCc2ccc(CCl)cc2)sc1C. The lowest BCUT2D eigenvalue weighted by Crippen LogP contribution is -2.12. The van der Waals surface area contributed by atoms with Crippen molar-refractivity contribution in [3.05, 3.63) is 51.0 Å². The van der Waals surface area contributed by atoms with Gasteiger partial charge >= 0.3 is 0 Å². The fraction of sp³-hybridized carbons (Fsp3) is 0.357. The first kappa shape index (κ1) is 13.5. The smallest absolute Gasteiger partial charge is 0.107 e. The lowest BCUT2D eigenvalue weighted by Gasteiger charge is -2.03. The van der Waals surface area contributed by atoms with Gasteiger partial charge in [0.25, 0.3) is 0 Å². The third-order valence-corrected chi connectivity index (χ3v) is 4.24. The van der Waals surface area contributed by atoms with Gasteiger partial charge in [-0.2, -0.15) is 0 Å². The number of benzene rings is 1. The largest absolute Gasteiger partial charge is 0.306 e. The van der Waals surface area contributed by atoms with Crippen molar-refractivity contribution < 1.29 is 0 Å². The zero-order valence-electron chi connectivity index (χ0n) is 10.7. The van der Waals surface area contributed by atoms with E-state index >= 15 is 0 Å². The molecule has 1 aromatic heterocycles. The van der Waals surface area contributed by atoms with E-state index in [9.17, 15) is 0 Å². The van der Waals surface area contributed by atoms with Gasteiger partial charge in [-0.15, -0.1) is 22.9 Å². The van der Waals surface area contributed by atoms with Gasteiger partial charge in [0.05, 0.1) is 5.69 Å². The number of nitrogens with one attached hydrogen (secondary N) is 1. The highest BCUT2D eigenvalue weighted by Gasteiger charge is 2.02. The van der Waals surface area contributed by atoms with Crippen molar-refractivity contribution in [1.29, 1.82) is 0 Å². The Labute approximate surface area is 117 Å². The number of alkyl halides is 1. The maximum absolute atomic E-state index is 5.76. The second-order valence-electron chi connectivity index (χ2n) is 4.30. The molecule has 2 nitrogen and oxygen atoms in total. The van der Waals surface area contributed by atoms with E-state index in [0.717, 1.165) is 29.4 Å². The van der Waals surface area contributed by atoms with Gasteiger partial charge in [-0.3, -0.25) is 0 Å². The second kappa shape index (κ2) is 6.32.